The number of nitrogens with one attached hydrogen (secondary N) is 2. The van der Waals surface area contributed by atoms with Gasteiger partial charge in [0.15, 0.2) is 0 Å². The van der Waals surface area contributed by atoms with E-state index in [0.29, 0.717) is 17.9 Å². The molecule has 0 unspecified atom stereocenters. The van der Waals surface area contributed by atoms with Crippen molar-refractivity contribution in [1.82, 2.24) is 35.3 Å². The molecule has 184 valence electrons. The fraction of sp³-hybridized carbons (Fsp3) is 0.208. The number of anilines is 1. The van der Waals surface area contributed by atoms with Crippen LogP contribution >= 0.6 is 0 Å². The molecule has 2 heterocycles. The molecule has 0 aliphatic heterocycles. The third kappa shape index (κ3) is 6.59. The molecule has 4 rings (SSSR count). The van der Waals surface area contributed by atoms with E-state index in [4.69, 9.17) is 4.74 Å². The number of carbonyl (C=O) groups is 2. The number of benzene rings is 2. The molecule has 2 aromatic heterocycles. The molecule has 0 fully saturated rings. The number of carbonyl (C=O) groups excluding carboxylic acids is 2. The Bertz CT molecular complexity index is 1380. The van der Waals surface area contributed by atoms with Crippen LogP contribution in [0.15, 0.2) is 71.8 Å². The van der Waals surface area contributed by atoms with Crippen LogP contribution in [0.1, 0.15) is 18.1 Å². The maximum absolute atomic E-state index is 12.4. The lowest BCUT2D eigenvalue weighted by Gasteiger charge is -2.10. The third-order valence-corrected chi connectivity index (χ3v) is 5.08. The van der Waals surface area contributed by atoms with Gasteiger partial charge in [-0.25, -0.2) is 14.2 Å². The van der Waals surface area contributed by atoms with Crippen LogP contribution in [0.2, 0.25) is 0 Å². The maximum Gasteiger partial charge on any atom is 0.411 e. The molecule has 0 atom stereocenters. The normalized spacial score (nSPS) is 10.6. The number of ether oxygens (including phenoxy) is 1. The lowest BCUT2D eigenvalue weighted by molar-refractivity contribution is -0.122. The minimum Gasteiger partial charge on any atom is -0.450 e. The average molecular weight is 489 g/mol. The first-order valence-electron chi connectivity index (χ1n) is 11.2. The van der Waals surface area contributed by atoms with Crippen LogP contribution in [-0.4, -0.2) is 48.6 Å². The summed E-state index contributed by atoms with van der Waals surface area (Å²) >= 11 is 0. The van der Waals surface area contributed by atoms with Crippen molar-refractivity contribution < 1.29 is 14.3 Å². The first kappa shape index (κ1) is 24.3. The van der Waals surface area contributed by atoms with Crippen molar-refractivity contribution in [3.05, 3.63) is 88.5 Å². The Balaban J connectivity index is 1.41. The molecule has 0 bridgehead atoms. The summed E-state index contributed by atoms with van der Waals surface area (Å²) in [6, 6.07) is 17.8. The molecule has 0 spiro atoms. The monoisotopic (exact) mass is 488 g/mol. The van der Waals surface area contributed by atoms with Gasteiger partial charge in [-0.15, -0.1) is 5.10 Å². The highest BCUT2D eigenvalue weighted by Crippen LogP contribution is 2.17. The largest absolute Gasteiger partial charge is 0.450 e. The molecule has 12 heteroatoms. The second-order valence-corrected chi connectivity index (χ2v) is 7.74. The quantitative estimate of drug-likeness (QED) is 0.363. The van der Waals surface area contributed by atoms with Crippen LogP contribution in [0.25, 0.3) is 11.3 Å². The minimum atomic E-state index is -0.539. The van der Waals surface area contributed by atoms with Crippen LogP contribution in [0.4, 0.5) is 10.5 Å². The van der Waals surface area contributed by atoms with Crippen molar-refractivity contribution in [1.29, 1.82) is 0 Å². The fourth-order valence-electron chi connectivity index (χ4n) is 3.37. The Hall–Kier alpha value is -4.87. The molecule has 0 aliphatic carbocycles. The molecule has 12 nitrogen and oxygen atoms in total. The number of aromatic nitrogens is 6. The van der Waals surface area contributed by atoms with Crippen LogP contribution in [-0.2, 0) is 29.2 Å². The minimum absolute atomic E-state index is 0.0400. The fourth-order valence-corrected chi connectivity index (χ4v) is 3.37. The van der Waals surface area contributed by atoms with Crippen molar-refractivity contribution >= 4 is 17.7 Å². The molecule has 2 aromatic carbocycles. The van der Waals surface area contributed by atoms with Crippen molar-refractivity contribution in [2.45, 2.75) is 26.6 Å². The highest BCUT2D eigenvalue weighted by molar-refractivity contribution is 5.84. The van der Waals surface area contributed by atoms with Crippen molar-refractivity contribution in [2.24, 2.45) is 0 Å². The van der Waals surface area contributed by atoms with Gasteiger partial charge in [0.25, 0.3) is 5.56 Å². The summed E-state index contributed by atoms with van der Waals surface area (Å²) in [6.45, 7) is 2.63. The second kappa shape index (κ2) is 11.5. The highest BCUT2D eigenvalue weighted by atomic mass is 16.5. The van der Waals surface area contributed by atoms with Gasteiger partial charge in [0, 0.05) is 23.9 Å². The topological polar surface area (TPSA) is 146 Å². The van der Waals surface area contributed by atoms with Gasteiger partial charge in [-0.05, 0) is 46.7 Å². The highest BCUT2D eigenvalue weighted by Gasteiger charge is 2.08. The van der Waals surface area contributed by atoms with E-state index >= 15 is 0 Å². The van der Waals surface area contributed by atoms with E-state index in [-0.39, 0.29) is 31.2 Å². The summed E-state index contributed by atoms with van der Waals surface area (Å²) in [7, 11) is 0. The van der Waals surface area contributed by atoms with E-state index in [9.17, 15) is 14.4 Å². The van der Waals surface area contributed by atoms with E-state index in [2.05, 4.69) is 31.3 Å². The Morgan fingerprint density at radius 3 is 2.61 bits per heavy atom. The van der Waals surface area contributed by atoms with Gasteiger partial charge in [0.1, 0.15) is 12.9 Å². The molecule has 2 amide bonds. The second-order valence-electron chi connectivity index (χ2n) is 7.74. The molecular formula is C24H24N8O4. The van der Waals surface area contributed by atoms with E-state index in [1.54, 1.807) is 31.2 Å². The summed E-state index contributed by atoms with van der Waals surface area (Å²) in [5.74, 6) is -0.207. The molecule has 0 saturated heterocycles. The molecule has 0 saturated carbocycles. The van der Waals surface area contributed by atoms with Crippen molar-refractivity contribution in [2.75, 3.05) is 11.9 Å². The zero-order valence-electron chi connectivity index (χ0n) is 19.5. The summed E-state index contributed by atoms with van der Waals surface area (Å²) in [5, 5.41) is 20.6. The predicted octanol–water partition coefficient (Wildman–Crippen LogP) is 1.83. The number of hydrogen-bond acceptors (Lipinski definition) is 8. The van der Waals surface area contributed by atoms with Gasteiger partial charge in [-0.1, -0.05) is 36.4 Å². The van der Waals surface area contributed by atoms with Crippen LogP contribution < -0.4 is 16.2 Å². The number of amides is 2. The zero-order valence-corrected chi connectivity index (χ0v) is 19.5. The van der Waals surface area contributed by atoms with E-state index < -0.39 is 6.09 Å². The van der Waals surface area contributed by atoms with Crippen LogP contribution in [0.3, 0.4) is 0 Å². The summed E-state index contributed by atoms with van der Waals surface area (Å²) in [4.78, 5) is 36.1. The molecular weight excluding hydrogens is 464 g/mol. The van der Waals surface area contributed by atoms with Gasteiger partial charge in [0.2, 0.25) is 5.91 Å². The van der Waals surface area contributed by atoms with Gasteiger partial charge < -0.3 is 10.1 Å². The average Bonchev–Trinajstić information content (AvgIpc) is 3.38. The number of rotatable bonds is 9. The van der Waals surface area contributed by atoms with E-state index in [0.717, 1.165) is 16.7 Å². The smallest absolute Gasteiger partial charge is 0.411 e. The Labute approximate surface area is 205 Å². The predicted molar refractivity (Wildman–Crippen MR) is 130 cm³/mol. The number of nitrogens with zero attached hydrogens (tertiary/aromatic N) is 6. The molecule has 0 aliphatic rings. The maximum atomic E-state index is 12.4. The third-order valence-electron chi connectivity index (χ3n) is 5.08. The van der Waals surface area contributed by atoms with Crippen LogP contribution in [0.5, 0.6) is 0 Å². The van der Waals surface area contributed by atoms with E-state index in [1.807, 2.05) is 30.3 Å². The molecule has 0 radical (unpaired) electrons. The Morgan fingerprint density at radius 1 is 1.03 bits per heavy atom. The first-order chi connectivity index (χ1) is 17.5. The first-order valence-corrected chi connectivity index (χ1v) is 11.2. The van der Waals surface area contributed by atoms with Crippen molar-refractivity contribution in [3.8, 4) is 11.3 Å². The number of hydrogen-bond donors (Lipinski definition) is 2. The van der Waals surface area contributed by atoms with E-state index in [1.165, 1.54) is 21.8 Å². The lowest BCUT2D eigenvalue weighted by Crippen LogP contribution is -2.27. The lowest BCUT2D eigenvalue weighted by atomic mass is 10.1. The Kier molecular flexibility index (Phi) is 7.76. The molecule has 36 heavy (non-hydrogen) atoms. The zero-order chi connectivity index (χ0) is 25.3. The van der Waals surface area contributed by atoms with Crippen LogP contribution in [0, 0.1) is 0 Å². The molecule has 2 N–H and O–H groups in total. The van der Waals surface area contributed by atoms with Gasteiger partial charge in [-0.2, -0.15) is 5.10 Å². The van der Waals surface area contributed by atoms with Gasteiger partial charge >= 0.3 is 6.09 Å². The summed E-state index contributed by atoms with van der Waals surface area (Å²) < 4.78 is 7.60. The SMILES string of the molecule is CCOC(=O)Nc1cccc(Cn2nc(-c3ccc(CNC(=O)Cn4cnnn4)cc3)ccc2=O)c1. The number of tetrazole rings is 1. The van der Waals surface area contributed by atoms with Crippen molar-refractivity contribution in [3.63, 3.8) is 0 Å². The van der Waals surface area contributed by atoms with Gasteiger partial charge in [0.05, 0.1) is 18.8 Å². The molecule has 4 aromatic rings. The summed E-state index contributed by atoms with van der Waals surface area (Å²) in [6.07, 6.45) is 0.834. The summed E-state index contributed by atoms with van der Waals surface area (Å²) in [5.41, 5.74) is 3.47. The van der Waals surface area contributed by atoms with Gasteiger partial charge in [-0.3, -0.25) is 14.9 Å². The standard InChI is InChI=1S/C24H24N8O4/c1-2-36-24(35)27-20-5-3-4-18(12-20)14-32-23(34)11-10-21(28-32)19-8-6-17(7-9-19)13-25-22(33)15-31-16-26-29-30-31/h3-12,16H,2,13-15H2,1H3,(H,25,33)(H,27,35). The Morgan fingerprint density at radius 2 is 1.86 bits per heavy atom.